The number of benzene rings is 1. The van der Waals surface area contributed by atoms with Crippen molar-refractivity contribution in [2.75, 3.05) is 5.32 Å². The largest absolute Gasteiger partial charge is 0.508 e. The number of amides is 1. The molecule has 0 aliphatic heterocycles. The Morgan fingerprint density at radius 3 is 2.83 bits per heavy atom. The summed E-state index contributed by atoms with van der Waals surface area (Å²) in [7, 11) is 0. The topological polar surface area (TPSA) is 75.1 Å². The molecule has 1 aromatic heterocycles. The highest BCUT2D eigenvalue weighted by Crippen LogP contribution is 2.16. The summed E-state index contributed by atoms with van der Waals surface area (Å²) in [5.74, 6) is 0.134. The fraction of sp³-hybridized carbons (Fsp3) is 0.0833. The van der Waals surface area contributed by atoms with Crippen molar-refractivity contribution in [2.24, 2.45) is 0 Å². The summed E-state index contributed by atoms with van der Waals surface area (Å²) in [4.78, 5) is 19.3. The smallest absolute Gasteiger partial charge is 0.230 e. The van der Waals surface area contributed by atoms with E-state index in [0.29, 0.717) is 11.4 Å². The van der Waals surface area contributed by atoms with Crippen molar-refractivity contribution < 1.29 is 9.90 Å². The molecule has 0 spiro atoms. The van der Waals surface area contributed by atoms with E-state index in [2.05, 4.69) is 15.3 Å². The number of hydrogen-bond donors (Lipinski definition) is 2. The molecule has 1 heterocycles. The zero-order chi connectivity index (χ0) is 13.0. The molecule has 1 amide bonds. The van der Waals surface area contributed by atoms with Gasteiger partial charge in [-0.2, -0.15) is 0 Å². The van der Waals surface area contributed by atoms with Crippen LogP contribution in [-0.2, 0) is 11.2 Å². The van der Waals surface area contributed by atoms with Crippen molar-refractivity contribution in [3.63, 3.8) is 0 Å². The minimum absolute atomic E-state index is 0.0638. The Labute approximate surface area is 108 Å². The predicted molar refractivity (Wildman–Crippen MR) is 67.5 cm³/mol. The van der Waals surface area contributed by atoms with Crippen molar-refractivity contribution in [2.45, 2.75) is 6.42 Å². The van der Waals surface area contributed by atoms with Crippen LogP contribution in [0.1, 0.15) is 5.56 Å². The summed E-state index contributed by atoms with van der Waals surface area (Å²) in [5, 5.41) is 12.4. The van der Waals surface area contributed by atoms with E-state index in [0.717, 1.165) is 0 Å². The van der Waals surface area contributed by atoms with Crippen LogP contribution in [0.4, 0.5) is 5.82 Å². The molecule has 0 saturated carbocycles. The quantitative estimate of drug-likeness (QED) is 0.831. The zero-order valence-electron chi connectivity index (χ0n) is 9.30. The summed E-state index contributed by atoms with van der Waals surface area (Å²) < 4.78 is 0. The molecule has 18 heavy (non-hydrogen) atoms. The maximum Gasteiger partial charge on any atom is 0.230 e. The maximum atomic E-state index is 11.7. The average Bonchev–Trinajstić information content (AvgIpc) is 2.32. The van der Waals surface area contributed by atoms with Gasteiger partial charge in [-0.25, -0.2) is 9.97 Å². The van der Waals surface area contributed by atoms with Gasteiger partial charge in [0, 0.05) is 11.6 Å². The number of nitrogens with one attached hydrogen (secondary N) is 1. The number of aromatic hydroxyl groups is 1. The fourth-order valence-corrected chi connectivity index (χ4v) is 1.57. The summed E-state index contributed by atoms with van der Waals surface area (Å²) >= 11 is 5.67. The van der Waals surface area contributed by atoms with Gasteiger partial charge in [0.1, 0.15) is 23.0 Å². The zero-order valence-corrected chi connectivity index (χ0v) is 10.1. The van der Waals surface area contributed by atoms with Crippen LogP contribution in [0.3, 0.4) is 0 Å². The molecular formula is C12H10ClN3O2. The van der Waals surface area contributed by atoms with Crippen LogP contribution in [0.15, 0.2) is 36.7 Å². The molecule has 92 valence electrons. The monoisotopic (exact) mass is 263 g/mol. The average molecular weight is 264 g/mol. The molecule has 0 bridgehead atoms. The summed E-state index contributed by atoms with van der Waals surface area (Å²) in [6.07, 6.45) is 1.33. The van der Waals surface area contributed by atoms with Gasteiger partial charge in [0.15, 0.2) is 0 Å². The highest BCUT2D eigenvalue weighted by atomic mass is 35.5. The van der Waals surface area contributed by atoms with Crippen LogP contribution in [-0.4, -0.2) is 21.0 Å². The number of phenolic OH excluding ortho intramolecular Hbond substituents is 1. The molecule has 6 heteroatoms. The second-order valence-corrected chi connectivity index (χ2v) is 3.97. The number of anilines is 1. The van der Waals surface area contributed by atoms with Crippen molar-refractivity contribution in [1.82, 2.24) is 9.97 Å². The van der Waals surface area contributed by atoms with E-state index in [1.54, 1.807) is 18.2 Å². The standard InChI is InChI=1S/C12H10ClN3O2/c13-10-6-11(15-7-14-10)16-12(18)5-8-3-1-2-4-9(8)17/h1-4,6-7,17H,5H2,(H,14,15,16,18). The van der Waals surface area contributed by atoms with E-state index in [4.69, 9.17) is 11.6 Å². The predicted octanol–water partition coefficient (Wildman–Crippen LogP) is 2.02. The van der Waals surface area contributed by atoms with E-state index in [1.807, 2.05) is 0 Å². The minimum atomic E-state index is -0.286. The van der Waals surface area contributed by atoms with E-state index < -0.39 is 0 Å². The Morgan fingerprint density at radius 1 is 1.33 bits per heavy atom. The maximum absolute atomic E-state index is 11.7. The lowest BCUT2D eigenvalue weighted by molar-refractivity contribution is -0.115. The van der Waals surface area contributed by atoms with Gasteiger partial charge < -0.3 is 10.4 Å². The molecule has 0 unspecified atom stereocenters. The van der Waals surface area contributed by atoms with Crippen LogP contribution in [0.25, 0.3) is 0 Å². The normalized spacial score (nSPS) is 10.1. The molecule has 0 saturated heterocycles. The third-order valence-corrected chi connectivity index (χ3v) is 2.45. The third-order valence-electron chi connectivity index (χ3n) is 2.24. The number of carbonyl (C=O) groups excluding carboxylic acids is 1. The Morgan fingerprint density at radius 2 is 2.11 bits per heavy atom. The lowest BCUT2D eigenvalue weighted by atomic mass is 10.1. The summed E-state index contributed by atoms with van der Waals surface area (Å²) in [6.45, 7) is 0. The molecule has 0 atom stereocenters. The van der Waals surface area contributed by atoms with Gasteiger partial charge in [-0.05, 0) is 6.07 Å². The number of phenols is 1. The first kappa shape index (κ1) is 12.3. The van der Waals surface area contributed by atoms with Gasteiger partial charge in [0.25, 0.3) is 0 Å². The fourth-order valence-electron chi connectivity index (χ4n) is 1.42. The van der Waals surface area contributed by atoms with Crippen molar-refractivity contribution >= 4 is 23.3 Å². The van der Waals surface area contributed by atoms with Crippen molar-refractivity contribution in [3.05, 3.63) is 47.4 Å². The van der Waals surface area contributed by atoms with E-state index in [1.165, 1.54) is 18.5 Å². The van der Waals surface area contributed by atoms with Gasteiger partial charge in [-0.3, -0.25) is 4.79 Å². The number of halogens is 1. The lowest BCUT2D eigenvalue weighted by Gasteiger charge is -2.05. The minimum Gasteiger partial charge on any atom is -0.508 e. The molecule has 0 fully saturated rings. The van der Waals surface area contributed by atoms with E-state index in [9.17, 15) is 9.90 Å². The van der Waals surface area contributed by atoms with E-state index >= 15 is 0 Å². The molecule has 0 aliphatic rings. The number of rotatable bonds is 3. The molecule has 2 N–H and O–H groups in total. The van der Waals surface area contributed by atoms with Gasteiger partial charge in [0.2, 0.25) is 5.91 Å². The second kappa shape index (κ2) is 5.46. The SMILES string of the molecule is O=C(Cc1ccccc1O)Nc1cc(Cl)ncn1. The molecule has 2 rings (SSSR count). The lowest BCUT2D eigenvalue weighted by Crippen LogP contribution is -2.15. The number of carbonyl (C=O) groups is 1. The number of hydrogen-bond acceptors (Lipinski definition) is 4. The van der Waals surface area contributed by atoms with Crippen LogP contribution in [0, 0.1) is 0 Å². The molecule has 1 aromatic carbocycles. The third kappa shape index (κ3) is 3.18. The van der Waals surface area contributed by atoms with Crippen molar-refractivity contribution in [3.8, 4) is 5.75 Å². The summed E-state index contributed by atoms with van der Waals surface area (Å²) in [6, 6.07) is 8.11. The number of nitrogens with zero attached hydrogens (tertiary/aromatic N) is 2. The molecular weight excluding hydrogens is 254 g/mol. The molecule has 5 nitrogen and oxygen atoms in total. The Balaban J connectivity index is 2.03. The van der Waals surface area contributed by atoms with Crippen LogP contribution < -0.4 is 5.32 Å². The first-order valence-electron chi connectivity index (χ1n) is 5.19. The molecule has 0 aliphatic carbocycles. The summed E-state index contributed by atoms with van der Waals surface area (Å²) in [5.41, 5.74) is 0.551. The number of aromatic nitrogens is 2. The Kier molecular flexibility index (Phi) is 3.74. The van der Waals surface area contributed by atoms with Gasteiger partial charge in [-0.1, -0.05) is 29.8 Å². The number of para-hydroxylation sites is 1. The van der Waals surface area contributed by atoms with Crippen LogP contribution in [0.2, 0.25) is 5.15 Å². The molecule has 0 radical (unpaired) electrons. The second-order valence-electron chi connectivity index (χ2n) is 3.58. The highest BCUT2D eigenvalue weighted by molar-refractivity contribution is 6.29. The molecule has 2 aromatic rings. The highest BCUT2D eigenvalue weighted by Gasteiger charge is 2.08. The van der Waals surface area contributed by atoms with Crippen LogP contribution >= 0.6 is 11.6 Å². The Hall–Kier alpha value is -2.14. The van der Waals surface area contributed by atoms with Crippen molar-refractivity contribution in [1.29, 1.82) is 0 Å². The van der Waals surface area contributed by atoms with E-state index in [-0.39, 0.29) is 23.2 Å². The van der Waals surface area contributed by atoms with Gasteiger partial charge in [-0.15, -0.1) is 0 Å². The first-order chi connectivity index (χ1) is 8.65. The van der Waals surface area contributed by atoms with Crippen LogP contribution in [0.5, 0.6) is 5.75 Å². The van der Waals surface area contributed by atoms with Gasteiger partial charge >= 0.3 is 0 Å². The van der Waals surface area contributed by atoms with Gasteiger partial charge in [0.05, 0.1) is 6.42 Å². The Bertz CT molecular complexity index is 575. The first-order valence-corrected chi connectivity index (χ1v) is 5.57.